The topological polar surface area (TPSA) is 44.7 Å². The van der Waals surface area contributed by atoms with Gasteiger partial charge in [-0.25, -0.2) is 4.39 Å². The van der Waals surface area contributed by atoms with Crippen molar-refractivity contribution in [2.75, 3.05) is 6.54 Å². The van der Waals surface area contributed by atoms with E-state index in [1.54, 1.807) is 6.07 Å². The van der Waals surface area contributed by atoms with Crippen LogP contribution in [-0.4, -0.2) is 29.2 Å². The summed E-state index contributed by atoms with van der Waals surface area (Å²) >= 11 is 0. The zero-order valence-corrected chi connectivity index (χ0v) is 15.7. The second kappa shape index (κ2) is 9.15. The molecule has 142 valence electrons. The molecule has 3 rings (SSSR count). The van der Waals surface area contributed by atoms with E-state index >= 15 is 0 Å². The van der Waals surface area contributed by atoms with Crippen molar-refractivity contribution >= 4 is 11.6 Å². The molecule has 1 aromatic rings. The third-order valence-corrected chi connectivity index (χ3v) is 5.45. The van der Waals surface area contributed by atoms with Gasteiger partial charge in [-0.2, -0.15) is 5.10 Å². The summed E-state index contributed by atoms with van der Waals surface area (Å²) in [6, 6.07) is 6.93. The van der Waals surface area contributed by atoms with Crippen LogP contribution < -0.4 is 5.32 Å². The lowest BCUT2D eigenvalue weighted by Gasteiger charge is -2.24. The molecule has 26 heavy (non-hydrogen) atoms. The smallest absolute Gasteiger partial charge is 0.267 e. The van der Waals surface area contributed by atoms with Crippen molar-refractivity contribution in [3.63, 3.8) is 0 Å². The molecule has 0 spiro atoms. The van der Waals surface area contributed by atoms with E-state index in [0.29, 0.717) is 17.7 Å². The van der Waals surface area contributed by atoms with Gasteiger partial charge in [0.05, 0.1) is 6.04 Å². The minimum absolute atomic E-state index is 0.0729. The highest BCUT2D eigenvalue weighted by Gasteiger charge is 2.33. The summed E-state index contributed by atoms with van der Waals surface area (Å²) in [5.41, 5.74) is 1.17. The zero-order chi connectivity index (χ0) is 18.4. The van der Waals surface area contributed by atoms with Crippen LogP contribution in [0, 0.1) is 5.82 Å². The van der Waals surface area contributed by atoms with E-state index in [0.717, 1.165) is 38.6 Å². The van der Waals surface area contributed by atoms with Crippen molar-refractivity contribution in [1.29, 1.82) is 0 Å². The number of benzene rings is 1. The molecule has 0 saturated heterocycles. The molecule has 2 aliphatic rings. The molecular weight excluding hydrogens is 329 g/mol. The van der Waals surface area contributed by atoms with Gasteiger partial charge in [0.25, 0.3) is 5.91 Å². The van der Waals surface area contributed by atoms with Crippen molar-refractivity contribution in [2.45, 2.75) is 76.8 Å². The first-order valence-corrected chi connectivity index (χ1v) is 10.1. The number of carbonyl (C=O) groups excluding carboxylic acids is 1. The normalized spacial score (nSPS) is 20.9. The summed E-state index contributed by atoms with van der Waals surface area (Å²) in [7, 11) is 0. The number of hydrogen-bond acceptors (Lipinski definition) is 3. The molecule has 1 atom stereocenters. The number of unbranched alkanes of at least 4 members (excludes halogenated alkanes) is 2. The third kappa shape index (κ3) is 4.63. The Labute approximate surface area is 155 Å². The van der Waals surface area contributed by atoms with E-state index in [9.17, 15) is 9.18 Å². The fourth-order valence-electron chi connectivity index (χ4n) is 3.95. The number of hydrogen-bond donors (Lipinski definition) is 1. The predicted octanol–water partition coefficient (Wildman–Crippen LogP) is 4.57. The molecule has 1 saturated carbocycles. The number of carbonyl (C=O) groups is 1. The molecule has 1 fully saturated rings. The van der Waals surface area contributed by atoms with Crippen molar-refractivity contribution in [2.24, 2.45) is 5.10 Å². The van der Waals surface area contributed by atoms with Crippen molar-refractivity contribution in [1.82, 2.24) is 10.3 Å². The fraction of sp³-hybridized carbons (Fsp3) is 0.619. The number of nitrogens with zero attached hydrogens (tertiary/aromatic N) is 2. The fourth-order valence-corrected chi connectivity index (χ4v) is 3.95. The summed E-state index contributed by atoms with van der Waals surface area (Å²) in [5, 5.41) is 9.66. The van der Waals surface area contributed by atoms with Crippen molar-refractivity contribution < 1.29 is 9.18 Å². The molecule has 5 heteroatoms. The largest absolute Gasteiger partial charge is 0.348 e. The Balaban J connectivity index is 1.70. The van der Waals surface area contributed by atoms with Gasteiger partial charge in [-0.3, -0.25) is 9.80 Å². The van der Waals surface area contributed by atoms with Gasteiger partial charge in [0.2, 0.25) is 0 Å². The summed E-state index contributed by atoms with van der Waals surface area (Å²) in [5.74, 6) is -0.293. The van der Waals surface area contributed by atoms with Gasteiger partial charge in [0.1, 0.15) is 11.5 Å². The quantitative estimate of drug-likeness (QED) is 0.725. The summed E-state index contributed by atoms with van der Waals surface area (Å²) in [4.78, 5) is 12.7. The third-order valence-electron chi connectivity index (χ3n) is 5.45. The van der Waals surface area contributed by atoms with Gasteiger partial charge in [-0.1, -0.05) is 57.2 Å². The molecule has 1 N–H and O–H groups in total. The maximum absolute atomic E-state index is 14.3. The van der Waals surface area contributed by atoms with Crippen molar-refractivity contribution in [3.8, 4) is 0 Å². The van der Waals surface area contributed by atoms with Gasteiger partial charge in [0.15, 0.2) is 0 Å². The van der Waals surface area contributed by atoms with Gasteiger partial charge < -0.3 is 5.32 Å². The van der Waals surface area contributed by atoms with E-state index in [2.05, 4.69) is 17.3 Å². The maximum Gasteiger partial charge on any atom is 0.267 e. The summed E-state index contributed by atoms with van der Waals surface area (Å²) in [6.07, 6.45) is 9.43. The zero-order valence-electron chi connectivity index (χ0n) is 15.7. The van der Waals surface area contributed by atoms with Crippen LogP contribution in [-0.2, 0) is 4.79 Å². The molecule has 1 heterocycles. The van der Waals surface area contributed by atoms with E-state index in [-0.39, 0.29) is 23.8 Å². The van der Waals surface area contributed by atoms with Crippen molar-refractivity contribution in [3.05, 3.63) is 35.6 Å². The minimum Gasteiger partial charge on any atom is -0.348 e. The van der Waals surface area contributed by atoms with Crippen LogP contribution in [0.5, 0.6) is 0 Å². The second-order valence-corrected chi connectivity index (χ2v) is 7.47. The average molecular weight is 359 g/mol. The molecular formula is C21H30FN3O. The van der Waals surface area contributed by atoms with E-state index in [1.807, 2.05) is 17.1 Å². The molecule has 0 aromatic heterocycles. The lowest BCUT2D eigenvalue weighted by molar-refractivity contribution is -0.115. The first-order valence-electron chi connectivity index (χ1n) is 10.1. The van der Waals surface area contributed by atoms with Crippen LogP contribution in [0.1, 0.15) is 76.3 Å². The Morgan fingerprint density at radius 1 is 1.23 bits per heavy atom. The van der Waals surface area contributed by atoms with Crippen LogP contribution in [0.15, 0.2) is 29.4 Å². The van der Waals surface area contributed by atoms with Gasteiger partial charge in [-0.05, 0) is 25.3 Å². The van der Waals surface area contributed by atoms with E-state index < -0.39 is 0 Å². The monoisotopic (exact) mass is 359 g/mol. The number of hydrazone groups is 1. The number of nitrogens with one attached hydrogen (secondary N) is 1. The maximum atomic E-state index is 14.3. The number of rotatable bonds is 7. The van der Waals surface area contributed by atoms with E-state index in [1.165, 1.54) is 25.3 Å². The highest BCUT2D eigenvalue weighted by Crippen LogP contribution is 2.32. The number of amides is 1. The Bertz CT molecular complexity index is 640. The highest BCUT2D eigenvalue weighted by atomic mass is 19.1. The molecule has 0 bridgehead atoms. The first-order chi connectivity index (χ1) is 12.7. The highest BCUT2D eigenvalue weighted by molar-refractivity contribution is 6.39. The summed E-state index contributed by atoms with van der Waals surface area (Å²) in [6.45, 7) is 2.91. The van der Waals surface area contributed by atoms with Gasteiger partial charge in [-0.15, -0.1) is 0 Å². The lowest BCUT2D eigenvalue weighted by Crippen LogP contribution is -2.39. The SMILES string of the molecule is CCCCCN1N=C(C(=O)NC2CCCCC2)CC1c1ccccc1F. The van der Waals surface area contributed by atoms with Crippen LogP contribution in [0.2, 0.25) is 0 Å². The minimum atomic E-state index is -0.220. The molecule has 1 amide bonds. The first kappa shape index (κ1) is 18.9. The van der Waals surface area contributed by atoms with E-state index in [4.69, 9.17) is 0 Å². The van der Waals surface area contributed by atoms with Gasteiger partial charge in [0, 0.05) is 24.6 Å². The average Bonchev–Trinajstić information content (AvgIpc) is 3.07. The molecule has 1 aromatic carbocycles. The van der Waals surface area contributed by atoms with Crippen LogP contribution in [0.4, 0.5) is 4.39 Å². The van der Waals surface area contributed by atoms with Crippen LogP contribution in [0.25, 0.3) is 0 Å². The molecule has 1 unspecified atom stereocenters. The summed E-state index contributed by atoms with van der Waals surface area (Å²) < 4.78 is 14.3. The van der Waals surface area contributed by atoms with Crippen LogP contribution >= 0.6 is 0 Å². The standard InChI is InChI=1S/C21H30FN3O/c1-2-3-9-14-25-20(17-12-7-8-13-18(17)22)15-19(24-25)21(26)23-16-10-5-4-6-11-16/h7-8,12-13,16,20H,2-6,9-11,14-15H2,1H3,(H,23,26). The Hall–Kier alpha value is -1.91. The van der Waals surface area contributed by atoms with Gasteiger partial charge >= 0.3 is 0 Å². The molecule has 0 radical (unpaired) electrons. The Morgan fingerprint density at radius 2 is 2.00 bits per heavy atom. The molecule has 4 nitrogen and oxygen atoms in total. The Morgan fingerprint density at radius 3 is 2.73 bits per heavy atom. The number of halogens is 1. The second-order valence-electron chi connectivity index (χ2n) is 7.47. The Kier molecular flexibility index (Phi) is 6.64. The molecule has 1 aliphatic carbocycles. The lowest BCUT2D eigenvalue weighted by atomic mass is 9.95. The molecule has 1 aliphatic heterocycles. The van der Waals surface area contributed by atoms with Crippen LogP contribution in [0.3, 0.4) is 0 Å². The predicted molar refractivity (Wildman–Crippen MR) is 102 cm³/mol.